The van der Waals surface area contributed by atoms with Gasteiger partial charge in [-0.05, 0) is 6.04 Å². The second-order valence-electron chi connectivity index (χ2n) is 6.65. The molecule has 8 heteroatoms. The lowest BCUT2D eigenvalue weighted by molar-refractivity contribution is 0.0696. The molecule has 2 aromatic heterocycles. The quantitative estimate of drug-likeness (QED) is 0.466. The zero-order valence-electron chi connectivity index (χ0n) is 13.9. The molecule has 0 saturated heterocycles. The fourth-order valence-electron chi connectivity index (χ4n) is 2.15. The van der Waals surface area contributed by atoms with Crippen molar-refractivity contribution >= 4 is 36.7 Å². The minimum Gasteiger partial charge on any atom is -0.478 e. The Labute approximate surface area is 141 Å². The van der Waals surface area contributed by atoms with Gasteiger partial charge in [-0.2, -0.15) is 0 Å². The maximum absolute atomic E-state index is 11.4. The third-order valence-corrected chi connectivity index (χ3v) is 5.47. The molecule has 0 amide bonds. The van der Waals surface area contributed by atoms with Gasteiger partial charge in [0.15, 0.2) is 0 Å². The van der Waals surface area contributed by atoms with Gasteiger partial charge in [0.05, 0.1) is 10.9 Å². The van der Waals surface area contributed by atoms with Gasteiger partial charge in [-0.3, -0.25) is 0 Å². The summed E-state index contributed by atoms with van der Waals surface area (Å²) in [5, 5.41) is 9.90. The number of aromatic carboxylic acids is 1. The smallest absolute Gasteiger partial charge is 0.338 e. The van der Waals surface area contributed by atoms with Crippen LogP contribution in [0.3, 0.4) is 0 Å². The minimum absolute atomic E-state index is 0.0986. The number of carboxylic acid groups (broad SMARTS) is 1. The van der Waals surface area contributed by atoms with Crippen molar-refractivity contribution in [3.63, 3.8) is 0 Å². The normalized spacial score (nSPS) is 12.0. The van der Waals surface area contributed by atoms with E-state index < -0.39 is 14.0 Å². The second kappa shape index (κ2) is 6.98. The summed E-state index contributed by atoms with van der Waals surface area (Å²) in [6, 6.07) is 1.05. The number of fused-ring (bicyclic) bond motifs is 1. The Kier molecular flexibility index (Phi) is 5.44. The van der Waals surface area contributed by atoms with Gasteiger partial charge in [0, 0.05) is 27.3 Å². The number of aryl methyl sites for hydroxylation is 1. The highest BCUT2D eigenvalue weighted by molar-refractivity contribution is 6.76. The molecular formula is C15H22ClN3O3Si. The zero-order valence-corrected chi connectivity index (χ0v) is 15.6. The Morgan fingerprint density at radius 2 is 2.09 bits per heavy atom. The summed E-state index contributed by atoms with van der Waals surface area (Å²) in [6.07, 6.45) is 2.14. The molecule has 0 saturated carbocycles. The number of ether oxygens (including phenoxy) is 1. The lowest BCUT2D eigenvalue weighted by Gasteiger charge is -2.15. The molecule has 0 aliphatic rings. The second-order valence-corrected chi connectivity index (χ2v) is 12.6. The molecule has 0 aromatic carbocycles. The van der Waals surface area contributed by atoms with Gasteiger partial charge in [-0.25, -0.2) is 14.8 Å². The van der Waals surface area contributed by atoms with Crippen LogP contribution in [0.1, 0.15) is 23.1 Å². The van der Waals surface area contributed by atoms with Gasteiger partial charge in [-0.1, -0.05) is 38.2 Å². The Morgan fingerprint density at radius 3 is 2.65 bits per heavy atom. The average molecular weight is 356 g/mol. The molecule has 0 unspecified atom stereocenters. The van der Waals surface area contributed by atoms with E-state index in [1.807, 2.05) is 6.92 Å². The van der Waals surface area contributed by atoms with Crippen molar-refractivity contribution in [3.8, 4) is 0 Å². The summed E-state index contributed by atoms with van der Waals surface area (Å²) in [6.45, 7) is 9.68. The van der Waals surface area contributed by atoms with E-state index in [1.54, 1.807) is 4.57 Å². The van der Waals surface area contributed by atoms with E-state index in [-0.39, 0.29) is 17.4 Å². The number of aromatic nitrogens is 3. The molecule has 0 aliphatic carbocycles. The van der Waals surface area contributed by atoms with Crippen LogP contribution in [-0.2, 0) is 17.9 Å². The lowest BCUT2D eigenvalue weighted by atomic mass is 10.2. The Bertz CT molecular complexity index is 725. The molecule has 2 rings (SSSR count). The topological polar surface area (TPSA) is 77.2 Å². The predicted molar refractivity (Wildman–Crippen MR) is 93.0 cm³/mol. The highest BCUT2D eigenvalue weighted by atomic mass is 35.5. The van der Waals surface area contributed by atoms with Gasteiger partial charge < -0.3 is 14.4 Å². The van der Waals surface area contributed by atoms with Crippen LogP contribution in [0.4, 0.5) is 0 Å². The number of nitrogens with zero attached hydrogens (tertiary/aromatic N) is 3. The molecule has 0 radical (unpaired) electrons. The van der Waals surface area contributed by atoms with Crippen molar-refractivity contribution < 1.29 is 14.6 Å². The largest absolute Gasteiger partial charge is 0.478 e. The number of hydrogen-bond acceptors (Lipinski definition) is 4. The lowest BCUT2D eigenvalue weighted by Crippen LogP contribution is -2.22. The van der Waals surface area contributed by atoms with E-state index in [0.717, 1.165) is 6.04 Å². The van der Waals surface area contributed by atoms with E-state index in [1.165, 1.54) is 6.20 Å². The summed E-state index contributed by atoms with van der Waals surface area (Å²) < 4.78 is 7.40. The van der Waals surface area contributed by atoms with Crippen molar-refractivity contribution in [2.45, 2.75) is 45.8 Å². The Balaban J connectivity index is 2.32. The predicted octanol–water partition coefficient (Wildman–Crippen LogP) is 3.66. The van der Waals surface area contributed by atoms with E-state index in [2.05, 4.69) is 29.6 Å². The first-order valence-corrected chi connectivity index (χ1v) is 11.7. The number of carbonyl (C=O) groups is 1. The van der Waals surface area contributed by atoms with Gasteiger partial charge >= 0.3 is 5.97 Å². The first kappa shape index (κ1) is 17.9. The standard InChI is InChI=1S/C15H22ClN3O3Si/c1-5-11-17-13(16)12-10(15(20)21)8-19(14(12)18-11)9-22-6-7-23(2,3)4/h8H,5-7,9H2,1-4H3,(H,20,21). The molecule has 23 heavy (non-hydrogen) atoms. The molecule has 0 atom stereocenters. The van der Waals surface area contributed by atoms with Crippen LogP contribution in [0.15, 0.2) is 6.20 Å². The number of halogens is 1. The van der Waals surface area contributed by atoms with E-state index in [9.17, 15) is 9.90 Å². The molecule has 0 spiro atoms. The molecule has 126 valence electrons. The SMILES string of the molecule is CCc1nc(Cl)c2c(C(=O)O)cn(COCC[Si](C)(C)C)c2n1. The van der Waals surface area contributed by atoms with Gasteiger partial charge in [-0.15, -0.1) is 0 Å². The fraction of sp³-hybridized carbons (Fsp3) is 0.533. The van der Waals surface area contributed by atoms with E-state index in [0.29, 0.717) is 29.9 Å². The first-order chi connectivity index (χ1) is 10.7. The molecule has 2 aromatic rings. The van der Waals surface area contributed by atoms with Crippen molar-refractivity contribution in [1.29, 1.82) is 0 Å². The third-order valence-electron chi connectivity index (χ3n) is 3.49. The van der Waals surface area contributed by atoms with Crippen LogP contribution < -0.4 is 0 Å². The maximum atomic E-state index is 11.4. The third kappa shape index (κ3) is 4.30. The molecule has 0 fully saturated rings. The van der Waals surface area contributed by atoms with Crippen LogP contribution in [0.5, 0.6) is 0 Å². The molecule has 2 heterocycles. The number of carboxylic acids is 1. The van der Waals surface area contributed by atoms with Gasteiger partial charge in [0.25, 0.3) is 0 Å². The summed E-state index contributed by atoms with van der Waals surface area (Å²) in [7, 11) is -1.16. The highest BCUT2D eigenvalue weighted by Crippen LogP contribution is 2.27. The molecule has 0 aliphatic heterocycles. The van der Waals surface area contributed by atoms with Crippen molar-refractivity contribution in [1.82, 2.24) is 14.5 Å². The zero-order chi connectivity index (χ0) is 17.2. The summed E-state index contributed by atoms with van der Waals surface area (Å²) >= 11 is 6.16. The Morgan fingerprint density at radius 1 is 1.39 bits per heavy atom. The average Bonchev–Trinajstić information content (AvgIpc) is 2.82. The molecule has 6 nitrogen and oxygen atoms in total. The van der Waals surface area contributed by atoms with Crippen molar-refractivity contribution in [2.75, 3.05) is 6.61 Å². The number of rotatable bonds is 7. The molecular weight excluding hydrogens is 334 g/mol. The molecule has 0 bridgehead atoms. The minimum atomic E-state index is -1.16. The fourth-order valence-corrected chi connectivity index (χ4v) is 3.19. The van der Waals surface area contributed by atoms with Crippen LogP contribution in [0.25, 0.3) is 11.0 Å². The van der Waals surface area contributed by atoms with Crippen LogP contribution in [-0.4, -0.2) is 40.3 Å². The summed E-state index contributed by atoms with van der Waals surface area (Å²) in [5.41, 5.74) is 0.605. The Hall–Kier alpha value is -1.44. The maximum Gasteiger partial charge on any atom is 0.338 e. The summed E-state index contributed by atoms with van der Waals surface area (Å²) in [5.74, 6) is -0.466. The van der Waals surface area contributed by atoms with Crippen molar-refractivity contribution in [3.05, 3.63) is 22.7 Å². The van der Waals surface area contributed by atoms with E-state index >= 15 is 0 Å². The monoisotopic (exact) mass is 355 g/mol. The summed E-state index contributed by atoms with van der Waals surface area (Å²) in [4.78, 5) is 20.0. The van der Waals surface area contributed by atoms with Gasteiger partial charge in [0.2, 0.25) is 0 Å². The van der Waals surface area contributed by atoms with Crippen molar-refractivity contribution in [2.24, 2.45) is 0 Å². The van der Waals surface area contributed by atoms with Crippen LogP contribution >= 0.6 is 11.6 Å². The highest BCUT2D eigenvalue weighted by Gasteiger charge is 2.20. The van der Waals surface area contributed by atoms with E-state index in [4.69, 9.17) is 16.3 Å². The van der Waals surface area contributed by atoms with Crippen LogP contribution in [0.2, 0.25) is 30.8 Å². The number of hydrogen-bond donors (Lipinski definition) is 1. The van der Waals surface area contributed by atoms with Gasteiger partial charge in [0.1, 0.15) is 23.4 Å². The molecule has 1 N–H and O–H groups in total. The first-order valence-electron chi connectivity index (χ1n) is 7.59. The van der Waals surface area contributed by atoms with Crippen LogP contribution in [0, 0.1) is 0 Å².